The van der Waals surface area contributed by atoms with E-state index in [1.807, 2.05) is 23.1 Å². The maximum absolute atomic E-state index is 12.6. The average Bonchev–Trinajstić information content (AvgIpc) is 2.88. The molecule has 0 spiro atoms. The molecule has 0 bridgehead atoms. The molecule has 4 rings (SSSR count). The first-order valence-corrected chi connectivity index (χ1v) is 9.90. The van der Waals surface area contributed by atoms with E-state index < -0.39 is 6.04 Å². The first kappa shape index (κ1) is 19.0. The van der Waals surface area contributed by atoms with Gasteiger partial charge in [-0.05, 0) is 30.7 Å². The summed E-state index contributed by atoms with van der Waals surface area (Å²) in [6.07, 6.45) is 0.503. The van der Waals surface area contributed by atoms with Crippen LogP contribution in [0.15, 0.2) is 54.6 Å². The average molecular weight is 392 g/mol. The minimum Gasteiger partial charge on any atom is -0.368 e. The van der Waals surface area contributed by atoms with Crippen molar-refractivity contribution in [2.24, 2.45) is 0 Å². The molecule has 1 saturated heterocycles. The third-order valence-corrected chi connectivity index (χ3v) is 5.45. The van der Waals surface area contributed by atoms with Gasteiger partial charge in [-0.25, -0.2) is 0 Å². The Bertz CT molecular complexity index is 907. The Morgan fingerprint density at radius 1 is 0.931 bits per heavy atom. The van der Waals surface area contributed by atoms with Gasteiger partial charge in [0.05, 0.1) is 11.3 Å². The number of benzene rings is 2. The van der Waals surface area contributed by atoms with Gasteiger partial charge in [0.2, 0.25) is 11.8 Å². The Labute approximate surface area is 169 Å². The number of fused-ring (bicyclic) bond motifs is 1. The van der Waals surface area contributed by atoms with Gasteiger partial charge in [0.1, 0.15) is 6.04 Å². The Balaban J connectivity index is 1.30. The van der Waals surface area contributed by atoms with Gasteiger partial charge in [0.25, 0.3) is 5.91 Å². The smallest absolute Gasteiger partial charge is 0.254 e. The molecule has 2 aliphatic heterocycles. The van der Waals surface area contributed by atoms with E-state index in [4.69, 9.17) is 0 Å². The van der Waals surface area contributed by atoms with Gasteiger partial charge in [0.15, 0.2) is 0 Å². The lowest BCUT2D eigenvalue weighted by atomic mass is 10.1. The van der Waals surface area contributed by atoms with E-state index >= 15 is 0 Å². The van der Waals surface area contributed by atoms with Gasteiger partial charge in [-0.15, -0.1) is 0 Å². The van der Waals surface area contributed by atoms with Crippen LogP contribution in [0, 0.1) is 0 Å². The lowest BCUT2D eigenvalue weighted by Gasteiger charge is -2.36. The second kappa shape index (κ2) is 8.34. The summed E-state index contributed by atoms with van der Waals surface area (Å²) in [6.45, 7) is 2.88. The van der Waals surface area contributed by atoms with Crippen molar-refractivity contribution >= 4 is 29.1 Å². The monoisotopic (exact) mass is 392 g/mol. The third kappa shape index (κ3) is 4.23. The fraction of sp³-hybridized carbons (Fsp3) is 0.318. The van der Waals surface area contributed by atoms with Crippen LogP contribution in [0.2, 0.25) is 0 Å². The largest absolute Gasteiger partial charge is 0.368 e. The summed E-state index contributed by atoms with van der Waals surface area (Å²) in [6, 6.07) is 16.3. The number of para-hydroxylation sites is 2. The van der Waals surface area contributed by atoms with Crippen molar-refractivity contribution in [3.8, 4) is 0 Å². The Morgan fingerprint density at radius 2 is 1.62 bits per heavy atom. The van der Waals surface area contributed by atoms with Crippen molar-refractivity contribution in [3.63, 3.8) is 0 Å². The van der Waals surface area contributed by atoms with Crippen LogP contribution in [0.3, 0.4) is 0 Å². The quantitative estimate of drug-likeness (QED) is 0.832. The maximum Gasteiger partial charge on any atom is 0.254 e. The van der Waals surface area contributed by atoms with Gasteiger partial charge in [-0.3, -0.25) is 14.4 Å². The molecule has 0 saturated carbocycles. The predicted molar refractivity (Wildman–Crippen MR) is 111 cm³/mol. The highest BCUT2D eigenvalue weighted by molar-refractivity contribution is 6.09. The molecule has 0 aliphatic carbocycles. The molecule has 2 N–H and O–H groups in total. The molecule has 0 unspecified atom stereocenters. The molecule has 0 radical (unpaired) electrons. The van der Waals surface area contributed by atoms with Crippen LogP contribution in [0.5, 0.6) is 0 Å². The summed E-state index contributed by atoms with van der Waals surface area (Å²) in [4.78, 5) is 41.6. The minimum absolute atomic E-state index is 0.0153. The van der Waals surface area contributed by atoms with Crippen molar-refractivity contribution in [3.05, 3.63) is 60.2 Å². The number of piperazine rings is 1. The fourth-order valence-electron chi connectivity index (χ4n) is 3.79. The Morgan fingerprint density at radius 3 is 2.38 bits per heavy atom. The number of carbonyl (C=O) groups excluding carboxylic acids is 3. The zero-order valence-corrected chi connectivity index (χ0v) is 16.1. The molecule has 1 atom stereocenters. The van der Waals surface area contributed by atoms with Crippen molar-refractivity contribution in [1.82, 2.24) is 10.2 Å². The van der Waals surface area contributed by atoms with E-state index in [2.05, 4.69) is 27.7 Å². The standard InChI is InChI=1S/C22H24N4O3/c27-20(26-14-12-25(13-15-26)16-6-2-1-3-7-16)11-10-19-22(29)23-18-9-5-4-8-17(18)21(28)24-19/h1-9,19H,10-15H2,(H,23,29)(H,24,28)/t19-/m0/s1. The summed E-state index contributed by atoms with van der Waals surface area (Å²) in [5, 5.41) is 5.52. The zero-order valence-electron chi connectivity index (χ0n) is 16.1. The molecule has 1 fully saturated rings. The Kier molecular flexibility index (Phi) is 5.46. The highest BCUT2D eigenvalue weighted by Crippen LogP contribution is 2.20. The number of nitrogens with one attached hydrogen (secondary N) is 2. The van der Waals surface area contributed by atoms with E-state index in [-0.39, 0.29) is 30.6 Å². The molecule has 150 valence electrons. The molecule has 7 heteroatoms. The normalized spacial score (nSPS) is 19.1. The van der Waals surface area contributed by atoms with E-state index in [1.54, 1.807) is 24.3 Å². The van der Waals surface area contributed by atoms with Crippen LogP contribution < -0.4 is 15.5 Å². The van der Waals surface area contributed by atoms with E-state index in [0.29, 0.717) is 24.3 Å². The number of nitrogens with zero attached hydrogens (tertiary/aromatic N) is 2. The predicted octanol–water partition coefficient (Wildman–Crippen LogP) is 1.87. The van der Waals surface area contributed by atoms with Crippen LogP contribution in [0.4, 0.5) is 11.4 Å². The van der Waals surface area contributed by atoms with Crippen molar-refractivity contribution in [2.45, 2.75) is 18.9 Å². The van der Waals surface area contributed by atoms with E-state index in [0.717, 1.165) is 18.8 Å². The molecule has 7 nitrogen and oxygen atoms in total. The third-order valence-electron chi connectivity index (χ3n) is 5.45. The molecule has 2 aliphatic rings. The van der Waals surface area contributed by atoms with Crippen LogP contribution in [-0.2, 0) is 9.59 Å². The first-order valence-electron chi connectivity index (χ1n) is 9.90. The van der Waals surface area contributed by atoms with Gasteiger partial charge in [-0.1, -0.05) is 30.3 Å². The summed E-state index contributed by atoms with van der Waals surface area (Å²) in [5.41, 5.74) is 2.10. The highest BCUT2D eigenvalue weighted by Gasteiger charge is 2.29. The summed E-state index contributed by atoms with van der Waals surface area (Å²) in [5.74, 6) is -0.570. The molecule has 3 amide bonds. The lowest BCUT2D eigenvalue weighted by molar-refractivity contribution is -0.131. The topological polar surface area (TPSA) is 81.8 Å². The van der Waals surface area contributed by atoms with Gasteiger partial charge < -0.3 is 20.4 Å². The molecule has 29 heavy (non-hydrogen) atoms. The second-order valence-electron chi connectivity index (χ2n) is 7.30. The second-order valence-corrected chi connectivity index (χ2v) is 7.30. The number of amides is 3. The number of hydrogen-bond acceptors (Lipinski definition) is 4. The lowest BCUT2D eigenvalue weighted by Crippen LogP contribution is -2.49. The number of rotatable bonds is 4. The van der Waals surface area contributed by atoms with Crippen LogP contribution in [0.25, 0.3) is 0 Å². The molecule has 2 heterocycles. The fourth-order valence-corrected chi connectivity index (χ4v) is 3.79. The SMILES string of the molecule is O=C1N[C@@H](CCC(=O)N2CCN(c3ccccc3)CC2)C(=O)Nc2ccccc21. The zero-order chi connectivity index (χ0) is 20.2. The number of hydrogen-bond donors (Lipinski definition) is 2. The van der Waals surface area contributed by atoms with E-state index in [9.17, 15) is 14.4 Å². The van der Waals surface area contributed by atoms with Crippen molar-refractivity contribution < 1.29 is 14.4 Å². The molecule has 0 aromatic heterocycles. The summed E-state index contributed by atoms with van der Waals surface area (Å²) >= 11 is 0. The molecular weight excluding hydrogens is 368 g/mol. The van der Waals surface area contributed by atoms with Crippen LogP contribution >= 0.6 is 0 Å². The summed E-state index contributed by atoms with van der Waals surface area (Å²) in [7, 11) is 0. The summed E-state index contributed by atoms with van der Waals surface area (Å²) < 4.78 is 0. The Hall–Kier alpha value is -3.35. The molecular formula is C22H24N4O3. The number of anilines is 2. The first-order chi connectivity index (χ1) is 14.1. The maximum atomic E-state index is 12.6. The van der Waals surface area contributed by atoms with Gasteiger partial charge in [0, 0.05) is 38.3 Å². The van der Waals surface area contributed by atoms with Crippen LogP contribution in [-0.4, -0.2) is 54.8 Å². The van der Waals surface area contributed by atoms with Gasteiger partial charge >= 0.3 is 0 Å². The van der Waals surface area contributed by atoms with E-state index in [1.165, 1.54) is 0 Å². The van der Waals surface area contributed by atoms with Crippen LogP contribution in [0.1, 0.15) is 23.2 Å². The highest BCUT2D eigenvalue weighted by atomic mass is 16.2. The number of carbonyl (C=O) groups is 3. The van der Waals surface area contributed by atoms with Crippen molar-refractivity contribution in [2.75, 3.05) is 36.4 Å². The molecule has 2 aromatic carbocycles. The van der Waals surface area contributed by atoms with Gasteiger partial charge in [-0.2, -0.15) is 0 Å². The molecule has 2 aromatic rings. The minimum atomic E-state index is -0.718. The van der Waals surface area contributed by atoms with Crippen molar-refractivity contribution in [1.29, 1.82) is 0 Å².